The van der Waals surface area contributed by atoms with Crippen molar-refractivity contribution < 1.29 is 4.74 Å². The molecule has 11 heavy (non-hydrogen) atoms. The molecule has 0 aromatic carbocycles. The third-order valence-electron chi connectivity index (χ3n) is 2.49. The summed E-state index contributed by atoms with van der Waals surface area (Å²) in [5.41, 5.74) is 0. The fourth-order valence-corrected chi connectivity index (χ4v) is 1.55. The Labute approximate surface area is 68.3 Å². The van der Waals surface area contributed by atoms with Crippen LogP contribution >= 0.6 is 0 Å². The van der Waals surface area contributed by atoms with E-state index in [1.807, 2.05) is 0 Å². The molecule has 1 N–H and O–H groups in total. The highest BCUT2D eigenvalue weighted by molar-refractivity contribution is 4.82. The Kier molecular flexibility index (Phi) is 2.44. The highest BCUT2D eigenvalue weighted by Crippen LogP contribution is 2.19. The third kappa shape index (κ3) is 2.46. The second kappa shape index (κ2) is 3.55. The first-order chi connectivity index (χ1) is 5.45. The van der Waals surface area contributed by atoms with Gasteiger partial charge in [-0.25, -0.2) is 0 Å². The lowest BCUT2D eigenvalue weighted by Crippen LogP contribution is -2.32. The standard InChI is InChI=1S/C9H17NO/c1-2-6-11-9(3-1)7-10-8-4-5-8/h8-10H,1-7H2/t9-/m0/s1. The molecule has 1 saturated heterocycles. The van der Waals surface area contributed by atoms with Crippen molar-refractivity contribution in [3.05, 3.63) is 0 Å². The molecule has 2 heteroatoms. The van der Waals surface area contributed by atoms with E-state index < -0.39 is 0 Å². The van der Waals surface area contributed by atoms with Gasteiger partial charge in [-0.2, -0.15) is 0 Å². The van der Waals surface area contributed by atoms with Gasteiger partial charge in [0.15, 0.2) is 0 Å². The minimum atomic E-state index is 0.518. The first-order valence-electron chi connectivity index (χ1n) is 4.80. The van der Waals surface area contributed by atoms with Crippen LogP contribution in [0.1, 0.15) is 32.1 Å². The zero-order valence-corrected chi connectivity index (χ0v) is 7.01. The fourth-order valence-electron chi connectivity index (χ4n) is 1.55. The van der Waals surface area contributed by atoms with Crippen LogP contribution in [-0.2, 0) is 4.74 Å². The number of ether oxygens (including phenoxy) is 1. The van der Waals surface area contributed by atoms with Gasteiger partial charge in [0.05, 0.1) is 6.10 Å². The van der Waals surface area contributed by atoms with Gasteiger partial charge >= 0.3 is 0 Å². The molecule has 2 aliphatic rings. The van der Waals surface area contributed by atoms with Crippen molar-refractivity contribution in [1.82, 2.24) is 5.32 Å². The quantitative estimate of drug-likeness (QED) is 0.663. The molecule has 1 atom stereocenters. The van der Waals surface area contributed by atoms with Crippen molar-refractivity contribution in [2.24, 2.45) is 0 Å². The minimum absolute atomic E-state index is 0.518. The maximum absolute atomic E-state index is 5.59. The van der Waals surface area contributed by atoms with Crippen LogP contribution in [0.2, 0.25) is 0 Å². The van der Waals surface area contributed by atoms with Gasteiger partial charge in [0.25, 0.3) is 0 Å². The van der Waals surface area contributed by atoms with Crippen molar-refractivity contribution >= 4 is 0 Å². The number of hydrogen-bond donors (Lipinski definition) is 1. The summed E-state index contributed by atoms with van der Waals surface area (Å²) in [6.45, 7) is 2.07. The van der Waals surface area contributed by atoms with Crippen molar-refractivity contribution in [1.29, 1.82) is 0 Å². The topological polar surface area (TPSA) is 21.3 Å². The van der Waals surface area contributed by atoms with Crippen molar-refractivity contribution in [2.45, 2.75) is 44.2 Å². The number of hydrogen-bond acceptors (Lipinski definition) is 2. The first kappa shape index (κ1) is 7.56. The molecule has 0 aromatic rings. The molecule has 1 saturated carbocycles. The van der Waals surface area contributed by atoms with E-state index in [0.29, 0.717) is 6.10 Å². The molecule has 64 valence electrons. The molecular formula is C9H17NO. The van der Waals surface area contributed by atoms with Gasteiger partial charge < -0.3 is 10.1 Å². The van der Waals surface area contributed by atoms with Crippen molar-refractivity contribution in [3.8, 4) is 0 Å². The van der Waals surface area contributed by atoms with E-state index in [1.165, 1.54) is 32.1 Å². The van der Waals surface area contributed by atoms with Crippen LogP contribution in [0.25, 0.3) is 0 Å². The van der Waals surface area contributed by atoms with E-state index in [4.69, 9.17) is 4.74 Å². The summed E-state index contributed by atoms with van der Waals surface area (Å²) >= 11 is 0. The van der Waals surface area contributed by atoms with Crippen molar-refractivity contribution in [3.63, 3.8) is 0 Å². The molecule has 2 fully saturated rings. The Hall–Kier alpha value is -0.0800. The van der Waals surface area contributed by atoms with E-state index in [0.717, 1.165) is 19.2 Å². The molecule has 2 rings (SSSR count). The molecule has 1 aliphatic carbocycles. The normalized spacial score (nSPS) is 32.2. The molecule has 0 radical (unpaired) electrons. The van der Waals surface area contributed by atoms with Gasteiger partial charge in [-0.3, -0.25) is 0 Å². The van der Waals surface area contributed by atoms with Gasteiger partial charge in [-0.1, -0.05) is 0 Å². The van der Waals surface area contributed by atoms with Gasteiger partial charge in [0.2, 0.25) is 0 Å². The summed E-state index contributed by atoms with van der Waals surface area (Å²) in [4.78, 5) is 0. The largest absolute Gasteiger partial charge is 0.377 e. The monoisotopic (exact) mass is 155 g/mol. The lowest BCUT2D eigenvalue weighted by Gasteiger charge is -2.22. The van der Waals surface area contributed by atoms with Gasteiger partial charge in [0.1, 0.15) is 0 Å². The highest BCUT2D eigenvalue weighted by atomic mass is 16.5. The number of rotatable bonds is 3. The highest BCUT2D eigenvalue weighted by Gasteiger charge is 2.22. The molecular weight excluding hydrogens is 138 g/mol. The van der Waals surface area contributed by atoms with Crippen LogP contribution in [0.4, 0.5) is 0 Å². The Bertz CT molecular complexity index is 117. The second-order valence-corrected chi connectivity index (χ2v) is 3.67. The van der Waals surface area contributed by atoms with Gasteiger partial charge in [-0.05, 0) is 32.1 Å². The molecule has 2 nitrogen and oxygen atoms in total. The van der Waals surface area contributed by atoms with Crippen LogP contribution < -0.4 is 5.32 Å². The average molecular weight is 155 g/mol. The Morgan fingerprint density at radius 3 is 2.73 bits per heavy atom. The predicted molar refractivity (Wildman–Crippen MR) is 44.6 cm³/mol. The summed E-state index contributed by atoms with van der Waals surface area (Å²) in [5, 5.41) is 3.50. The Morgan fingerprint density at radius 2 is 2.09 bits per heavy atom. The van der Waals surface area contributed by atoms with Crippen LogP contribution in [0.15, 0.2) is 0 Å². The van der Waals surface area contributed by atoms with E-state index in [-0.39, 0.29) is 0 Å². The first-order valence-corrected chi connectivity index (χ1v) is 4.80. The van der Waals surface area contributed by atoms with Crippen molar-refractivity contribution in [2.75, 3.05) is 13.2 Å². The van der Waals surface area contributed by atoms with Gasteiger partial charge in [0, 0.05) is 19.2 Å². The molecule has 1 aliphatic heterocycles. The number of nitrogens with one attached hydrogen (secondary N) is 1. The minimum Gasteiger partial charge on any atom is -0.377 e. The third-order valence-corrected chi connectivity index (χ3v) is 2.49. The summed E-state index contributed by atoms with van der Waals surface area (Å²) in [5.74, 6) is 0. The van der Waals surface area contributed by atoms with Gasteiger partial charge in [-0.15, -0.1) is 0 Å². The van der Waals surface area contributed by atoms with Crippen LogP contribution in [0.5, 0.6) is 0 Å². The zero-order valence-electron chi connectivity index (χ0n) is 7.01. The molecule has 1 heterocycles. The van der Waals surface area contributed by atoms with E-state index >= 15 is 0 Å². The van der Waals surface area contributed by atoms with E-state index in [2.05, 4.69) is 5.32 Å². The summed E-state index contributed by atoms with van der Waals surface area (Å²) < 4.78 is 5.59. The fraction of sp³-hybridized carbons (Fsp3) is 1.00. The summed E-state index contributed by atoms with van der Waals surface area (Å²) in [7, 11) is 0. The molecule has 0 unspecified atom stereocenters. The van der Waals surface area contributed by atoms with E-state index in [9.17, 15) is 0 Å². The maximum atomic E-state index is 5.59. The van der Waals surface area contributed by atoms with E-state index in [1.54, 1.807) is 0 Å². The Balaban J connectivity index is 1.59. The smallest absolute Gasteiger partial charge is 0.0699 e. The van der Waals surface area contributed by atoms with Crippen LogP contribution in [0, 0.1) is 0 Å². The van der Waals surface area contributed by atoms with Crippen LogP contribution in [0.3, 0.4) is 0 Å². The average Bonchev–Trinajstić information content (AvgIpc) is 2.86. The predicted octanol–water partition coefficient (Wildman–Crippen LogP) is 1.31. The molecule has 0 aromatic heterocycles. The lowest BCUT2D eigenvalue weighted by molar-refractivity contribution is 0.0167. The molecule has 0 amide bonds. The zero-order chi connectivity index (χ0) is 7.52. The molecule has 0 bridgehead atoms. The lowest BCUT2D eigenvalue weighted by atomic mass is 10.1. The second-order valence-electron chi connectivity index (χ2n) is 3.67. The Morgan fingerprint density at radius 1 is 1.18 bits per heavy atom. The maximum Gasteiger partial charge on any atom is 0.0699 e. The summed E-state index contributed by atoms with van der Waals surface area (Å²) in [6, 6.07) is 0.834. The molecule has 0 spiro atoms. The summed E-state index contributed by atoms with van der Waals surface area (Å²) in [6.07, 6.45) is 7.17. The SMILES string of the molecule is C1CC[C@@H](CNC2CC2)OC1. The van der Waals surface area contributed by atoms with Crippen LogP contribution in [-0.4, -0.2) is 25.3 Å².